The predicted molar refractivity (Wildman–Crippen MR) is 71.9 cm³/mol. The Morgan fingerprint density at radius 1 is 1.47 bits per heavy atom. The fourth-order valence-corrected chi connectivity index (χ4v) is 3.70. The van der Waals surface area contributed by atoms with Gasteiger partial charge >= 0.3 is 11.1 Å². The first-order valence-electron chi connectivity index (χ1n) is 6.25. The van der Waals surface area contributed by atoms with Crippen molar-refractivity contribution in [1.82, 2.24) is 14.8 Å². The largest absolute Gasteiger partial charge is 0.339 e. The molecule has 102 valence electrons. The van der Waals surface area contributed by atoms with Crippen LogP contribution < -0.4 is 11.1 Å². The van der Waals surface area contributed by atoms with Crippen LogP contribution >= 0.6 is 11.8 Å². The highest BCUT2D eigenvalue weighted by Gasteiger charge is 2.30. The minimum absolute atomic E-state index is 0.0231. The van der Waals surface area contributed by atoms with Gasteiger partial charge in [-0.1, -0.05) is 18.7 Å². The normalized spacial score (nSPS) is 26.9. The van der Waals surface area contributed by atoms with Gasteiger partial charge in [-0.15, -0.1) is 0 Å². The van der Waals surface area contributed by atoms with Crippen LogP contribution in [0.4, 0.5) is 0 Å². The van der Waals surface area contributed by atoms with Crippen molar-refractivity contribution in [3.8, 4) is 6.07 Å². The summed E-state index contributed by atoms with van der Waals surface area (Å²) in [6.07, 6.45) is 2.87. The van der Waals surface area contributed by atoms with Gasteiger partial charge in [0.05, 0.1) is 12.0 Å². The van der Waals surface area contributed by atoms with E-state index in [0.29, 0.717) is 11.1 Å². The van der Waals surface area contributed by atoms with Gasteiger partial charge < -0.3 is 0 Å². The van der Waals surface area contributed by atoms with Crippen molar-refractivity contribution in [3.63, 3.8) is 0 Å². The van der Waals surface area contributed by atoms with Gasteiger partial charge in [0, 0.05) is 12.3 Å². The fraction of sp³-hybridized carbons (Fsp3) is 0.667. The maximum Gasteiger partial charge on any atom is 0.339 e. The molecule has 0 amide bonds. The minimum atomic E-state index is -0.780. The highest BCUT2D eigenvalue weighted by atomic mass is 32.2. The van der Waals surface area contributed by atoms with E-state index in [1.165, 1.54) is 16.4 Å². The molecule has 1 N–H and O–H groups in total. The molecule has 0 spiro atoms. The lowest BCUT2D eigenvalue weighted by Gasteiger charge is -2.30. The van der Waals surface area contributed by atoms with Gasteiger partial charge in [0.2, 0.25) is 0 Å². The molecule has 0 bridgehead atoms. The van der Waals surface area contributed by atoms with Crippen LogP contribution in [0.15, 0.2) is 14.7 Å². The molecule has 1 heterocycles. The molecule has 2 rings (SSSR count). The molecule has 3 unspecified atom stereocenters. The molecular formula is C12H16N4O2S. The second-order valence-electron chi connectivity index (χ2n) is 5.01. The van der Waals surface area contributed by atoms with E-state index in [2.05, 4.69) is 23.1 Å². The summed E-state index contributed by atoms with van der Waals surface area (Å²) in [6, 6.07) is 2.33. The van der Waals surface area contributed by atoms with Gasteiger partial charge in [-0.3, -0.25) is 19.4 Å². The monoisotopic (exact) mass is 280 g/mol. The van der Waals surface area contributed by atoms with E-state index < -0.39 is 11.1 Å². The van der Waals surface area contributed by atoms with Crippen LogP contribution in [0, 0.1) is 23.2 Å². The van der Waals surface area contributed by atoms with Crippen LogP contribution in [0.5, 0.6) is 0 Å². The van der Waals surface area contributed by atoms with E-state index in [1.807, 2.05) is 0 Å². The third kappa shape index (κ3) is 3.07. The average Bonchev–Trinajstić information content (AvgIpc) is 2.36. The molecular weight excluding hydrogens is 264 g/mol. The summed E-state index contributed by atoms with van der Waals surface area (Å²) in [5, 5.41) is 12.2. The summed E-state index contributed by atoms with van der Waals surface area (Å²) < 4.78 is 1.45. The molecule has 0 aliphatic heterocycles. The highest BCUT2D eigenvalue weighted by molar-refractivity contribution is 7.99. The number of aryl methyl sites for hydroxylation is 1. The number of aromatic amines is 1. The summed E-state index contributed by atoms with van der Waals surface area (Å²) in [5.41, 5.74) is -1.50. The zero-order chi connectivity index (χ0) is 14.0. The van der Waals surface area contributed by atoms with E-state index >= 15 is 0 Å². The van der Waals surface area contributed by atoms with Gasteiger partial charge in [0.15, 0.2) is 5.16 Å². The lowest BCUT2D eigenvalue weighted by atomic mass is 9.83. The zero-order valence-electron chi connectivity index (χ0n) is 10.9. The van der Waals surface area contributed by atoms with Crippen molar-refractivity contribution < 1.29 is 0 Å². The van der Waals surface area contributed by atoms with Gasteiger partial charge in [-0.05, 0) is 25.2 Å². The van der Waals surface area contributed by atoms with Crippen LogP contribution in [0.3, 0.4) is 0 Å². The Morgan fingerprint density at radius 3 is 2.89 bits per heavy atom. The second-order valence-corrected chi connectivity index (χ2v) is 6.22. The van der Waals surface area contributed by atoms with Crippen molar-refractivity contribution in [1.29, 1.82) is 5.26 Å². The number of nitrogens with one attached hydrogen (secondary N) is 1. The van der Waals surface area contributed by atoms with Gasteiger partial charge in [-0.2, -0.15) is 10.2 Å². The van der Waals surface area contributed by atoms with Crippen LogP contribution in [0.1, 0.15) is 26.2 Å². The molecule has 1 aliphatic carbocycles. The molecule has 0 aromatic carbocycles. The number of aromatic nitrogens is 3. The molecule has 1 aromatic rings. The molecule has 1 aliphatic rings. The Kier molecular flexibility index (Phi) is 4.10. The van der Waals surface area contributed by atoms with Gasteiger partial charge in [0.1, 0.15) is 0 Å². The van der Waals surface area contributed by atoms with Crippen molar-refractivity contribution in [2.75, 3.05) is 0 Å². The van der Waals surface area contributed by atoms with Gasteiger partial charge in [-0.25, -0.2) is 0 Å². The first kappa shape index (κ1) is 13.9. The Balaban J connectivity index is 2.24. The molecule has 0 saturated heterocycles. The predicted octanol–water partition coefficient (Wildman–Crippen LogP) is 0.889. The summed E-state index contributed by atoms with van der Waals surface area (Å²) in [5.74, 6) is 0.548. The van der Waals surface area contributed by atoms with E-state index in [0.717, 1.165) is 19.3 Å². The first-order valence-corrected chi connectivity index (χ1v) is 7.13. The number of nitriles is 1. The lowest BCUT2D eigenvalue weighted by molar-refractivity contribution is 0.345. The minimum Gasteiger partial charge on any atom is -0.265 e. The van der Waals surface area contributed by atoms with E-state index in [1.54, 1.807) is 7.05 Å². The Bertz CT molecular complexity index is 615. The van der Waals surface area contributed by atoms with Crippen LogP contribution in [0.2, 0.25) is 0 Å². The number of rotatable bonds is 2. The molecule has 1 aromatic heterocycles. The number of thioether (sulfide) groups is 1. The Hall–Kier alpha value is -1.55. The highest BCUT2D eigenvalue weighted by Crippen LogP contribution is 2.38. The van der Waals surface area contributed by atoms with E-state index in [-0.39, 0.29) is 11.2 Å². The van der Waals surface area contributed by atoms with Gasteiger partial charge in [0.25, 0.3) is 0 Å². The second kappa shape index (κ2) is 5.61. The zero-order valence-corrected chi connectivity index (χ0v) is 11.7. The van der Waals surface area contributed by atoms with Crippen molar-refractivity contribution >= 4 is 11.8 Å². The van der Waals surface area contributed by atoms with Crippen LogP contribution in [-0.4, -0.2) is 20.0 Å². The van der Waals surface area contributed by atoms with Crippen LogP contribution in [-0.2, 0) is 7.05 Å². The maximum absolute atomic E-state index is 11.3. The number of hydrogen-bond donors (Lipinski definition) is 1. The van der Waals surface area contributed by atoms with Crippen molar-refractivity contribution in [2.45, 2.75) is 36.6 Å². The summed E-state index contributed by atoms with van der Waals surface area (Å²) >= 11 is 1.41. The number of hydrogen-bond acceptors (Lipinski definition) is 5. The average molecular weight is 280 g/mol. The Morgan fingerprint density at radius 2 is 2.21 bits per heavy atom. The number of H-pyrrole nitrogens is 1. The first-order chi connectivity index (χ1) is 9.01. The maximum atomic E-state index is 11.3. The smallest absolute Gasteiger partial charge is 0.265 e. The third-order valence-electron chi connectivity index (χ3n) is 3.42. The lowest BCUT2D eigenvalue weighted by Crippen LogP contribution is -2.35. The molecule has 0 radical (unpaired) electrons. The van der Waals surface area contributed by atoms with E-state index in [4.69, 9.17) is 0 Å². The molecule has 1 fully saturated rings. The molecule has 19 heavy (non-hydrogen) atoms. The molecule has 7 heteroatoms. The number of nitrogens with zero attached hydrogens (tertiary/aromatic N) is 3. The topological polar surface area (TPSA) is 91.5 Å². The van der Waals surface area contributed by atoms with E-state index in [9.17, 15) is 14.9 Å². The molecule has 1 saturated carbocycles. The Labute approximate surface area is 114 Å². The molecule has 3 atom stereocenters. The third-order valence-corrected chi connectivity index (χ3v) is 4.82. The standard InChI is InChI=1S/C12H16N4O2S/c1-7-3-4-8(6-13)9(5-7)19-12-14-10(17)11(18)15-16(12)2/h7-9H,3-5H2,1-2H3,(H,15,18). The van der Waals surface area contributed by atoms with Crippen molar-refractivity contribution in [2.24, 2.45) is 18.9 Å². The quantitative estimate of drug-likeness (QED) is 0.812. The summed E-state index contributed by atoms with van der Waals surface area (Å²) in [7, 11) is 1.64. The molecule has 6 nitrogen and oxygen atoms in total. The van der Waals surface area contributed by atoms with Crippen LogP contribution in [0.25, 0.3) is 0 Å². The van der Waals surface area contributed by atoms with Crippen molar-refractivity contribution in [3.05, 3.63) is 20.7 Å². The SMILES string of the molecule is CC1CCC(C#N)C(Sc2nc(=O)c(=O)[nH]n2C)C1. The fourth-order valence-electron chi connectivity index (χ4n) is 2.31. The summed E-state index contributed by atoms with van der Waals surface area (Å²) in [6.45, 7) is 2.17. The summed E-state index contributed by atoms with van der Waals surface area (Å²) in [4.78, 5) is 26.2.